The third kappa shape index (κ3) is 3.89. The molecule has 0 aromatic heterocycles. The summed E-state index contributed by atoms with van der Waals surface area (Å²) in [6.07, 6.45) is 0.556. The van der Waals surface area contributed by atoms with Gasteiger partial charge >= 0.3 is 0 Å². The van der Waals surface area contributed by atoms with Crippen LogP contribution < -0.4 is 15.4 Å². The highest BCUT2D eigenvalue weighted by Gasteiger charge is 2.48. The van der Waals surface area contributed by atoms with E-state index in [0.717, 1.165) is 22.6 Å². The summed E-state index contributed by atoms with van der Waals surface area (Å²) < 4.78 is 5.27. The first-order valence-corrected chi connectivity index (χ1v) is 10.1. The fourth-order valence-corrected chi connectivity index (χ4v) is 4.11. The molecular weight excluding hydrogens is 376 g/mol. The van der Waals surface area contributed by atoms with Crippen LogP contribution >= 0.6 is 0 Å². The molecule has 1 amide bonds. The fourth-order valence-electron chi connectivity index (χ4n) is 4.11. The molecule has 1 fully saturated rings. The molecule has 0 saturated carbocycles. The standard InChI is InChI=1S/C25H26N2O3/c1-30-21-13-7-18(8-14-21)24-22(15-16-23(28)17-5-3-2-4-6-17)25(29)27(24)20-11-9-19(26)10-12-20/h2-14,22-24,28H,15-16,26H2,1H3/t22?,23-,24?/m0/s1. The number of rotatable bonds is 7. The summed E-state index contributed by atoms with van der Waals surface area (Å²) in [7, 11) is 1.64. The number of amides is 1. The number of aliphatic hydroxyl groups excluding tert-OH is 1. The van der Waals surface area contributed by atoms with Crippen LogP contribution in [0.25, 0.3) is 0 Å². The number of benzene rings is 3. The van der Waals surface area contributed by atoms with E-state index in [0.29, 0.717) is 18.5 Å². The van der Waals surface area contributed by atoms with Gasteiger partial charge in [-0.25, -0.2) is 0 Å². The number of nitrogens with two attached hydrogens (primary N) is 1. The quantitative estimate of drug-likeness (QED) is 0.451. The van der Waals surface area contributed by atoms with E-state index in [-0.39, 0.29) is 17.9 Å². The van der Waals surface area contributed by atoms with E-state index in [1.807, 2.05) is 71.6 Å². The number of hydrogen-bond acceptors (Lipinski definition) is 4. The number of anilines is 2. The van der Waals surface area contributed by atoms with Gasteiger partial charge in [0, 0.05) is 11.4 Å². The van der Waals surface area contributed by atoms with Gasteiger partial charge in [0.25, 0.3) is 0 Å². The summed E-state index contributed by atoms with van der Waals surface area (Å²) in [5, 5.41) is 10.6. The molecule has 3 aromatic carbocycles. The number of carbonyl (C=O) groups is 1. The summed E-state index contributed by atoms with van der Waals surface area (Å²) in [4.78, 5) is 14.9. The Morgan fingerprint density at radius 3 is 2.30 bits per heavy atom. The lowest BCUT2D eigenvalue weighted by Crippen LogP contribution is -2.55. The molecule has 1 saturated heterocycles. The number of nitrogen functional groups attached to an aromatic ring is 1. The van der Waals surface area contributed by atoms with Crippen LogP contribution in [0.5, 0.6) is 5.75 Å². The maximum atomic E-state index is 13.1. The molecule has 3 N–H and O–H groups in total. The van der Waals surface area contributed by atoms with Crippen LogP contribution in [0.3, 0.4) is 0 Å². The van der Waals surface area contributed by atoms with Crippen molar-refractivity contribution in [1.29, 1.82) is 0 Å². The minimum absolute atomic E-state index is 0.0702. The van der Waals surface area contributed by atoms with Crippen molar-refractivity contribution in [3.63, 3.8) is 0 Å². The Morgan fingerprint density at radius 2 is 1.67 bits per heavy atom. The molecule has 154 valence electrons. The monoisotopic (exact) mass is 402 g/mol. The summed E-state index contributed by atoms with van der Waals surface area (Å²) in [5.74, 6) is 0.662. The lowest BCUT2D eigenvalue weighted by Gasteiger charge is -2.48. The molecule has 0 bridgehead atoms. The molecule has 1 aliphatic heterocycles. The summed E-state index contributed by atoms with van der Waals surface area (Å²) in [5.41, 5.74) is 9.23. The lowest BCUT2D eigenvalue weighted by molar-refractivity contribution is -0.131. The Morgan fingerprint density at radius 1 is 1.00 bits per heavy atom. The highest BCUT2D eigenvalue weighted by molar-refractivity contribution is 6.03. The zero-order chi connectivity index (χ0) is 21.1. The molecule has 0 radical (unpaired) electrons. The Bertz CT molecular complexity index is 987. The van der Waals surface area contributed by atoms with Crippen LogP contribution in [0.4, 0.5) is 11.4 Å². The number of methoxy groups -OCH3 is 1. The lowest BCUT2D eigenvalue weighted by atomic mass is 9.78. The van der Waals surface area contributed by atoms with E-state index in [1.165, 1.54) is 0 Å². The Labute approximate surface area is 176 Å². The number of aliphatic hydroxyl groups is 1. The molecule has 2 unspecified atom stereocenters. The average Bonchev–Trinajstić information content (AvgIpc) is 2.79. The van der Waals surface area contributed by atoms with E-state index in [1.54, 1.807) is 19.2 Å². The van der Waals surface area contributed by atoms with Crippen LogP contribution in [0.2, 0.25) is 0 Å². The van der Waals surface area contributed by atoms with Crippen LogP contribution in [0, 0.1) is 5.92 Å². The van der Waals surface area contributed by atoms with E-state index < -0.39 is 6.10 Å². The largest absolute Gasteiger partial charge is 0.497 e. The summed E-state index contributed by atoms with van der Waals surface area (Å²) >= 11 is 0. The van der Waals surface area contributed by atoms with Gasteiger partial charge in [0.1, 0.15) is 5.75 Å². The van der Waals surface area contributed by atoms with Gasteiger partial charge in [0.05, 0.1) is 25.2 Å². The van der Waals surface area contributed by atoms with Gasteiger partial charge in [-0.05, 0) is 60.4 Å². The van der Waals surface area contributed by atoms with Gasteiger partial charge in [-0.1, -0.05) is 42.5 Å². The molecular formula is C25H26N2O3. The molecule has 3 aromatic rings. The van der Waals surface area contributed by atoms with Crippen molar-refractivity contribution in [1.82, 2.24) is 0 Å². The Hall–Kier alpha value is -3.31. The Kier molecular flexibility index (Phi) is 5.72. The first kappa shape index (κ1) is 20.0. The molecule has 0 spiro atoms. The molecule has 1 heterocycles. The number of hydrogen-bond donors (Lipinski definition) is 2. The van der Waals surface area contributed by atoms with E-state index in [4.69, 9.17) is 10.5 Å². The van der Waals surface area contributed by atoms with Crippen LogP contribution in [-0.4, -0.2) is 18.1 Å². The van der Waals surface area contributed by atoms with Gasteiger partial charge in [-0.2, -0.15) is 0 Å². The molecule has 5 heteroatoms. The van der Waals surface area contributed by atoms with E-state index in [9.17, 15) is 9.90 Å². The SMILES string of the molecule is COc1ccc(C2C(CC[C@H](O)c3ccccc3)C(=O)N2c2ccc(N)cc2)cc1. The third-order valence-electron chi connectivity index (χ3n) is 5.78. The van der Waals surface area contributed by atoms with E-state index in [2.05, 4.69) is 0 Å². The van der Waals surface area contributed by atoms with Crippen LogP contribution in [0.15, 0.2) is 78.9 Å². The number of β-lactam (4-membered cyclic amide) rings is 1. The molecule has 5 nitrogen and oxygen atoms in total. The predicted molar refractivity (Wildman–Crippen MR) is 118 cm³/mol. The highest BCUT2D eigenvalue weighted by atomic mass is 16.5. The second kappa shape index (κ2) is 8.59. The van der Waals surface area contributed by atoms with Crippen molar-refractivity contribution >= 4 is 17.3 Å². The maximum absolute atomic E-state index is 13.1. The third-order valence-corrected chi connectivity index (χ3v) is 5.78. The van der Waals surface area contributed by atoms with E-state index >= 15 is 0 Å². The normalized spacial score (nSPS) is 19.3. The average molecular weight is 402 g/mol. The first-order chi connectivity index (χ1) is 14.6. The zero-order valence-corrected chi connectivity index (χ0v) is 16.9. The molecule has 3 atom stereocenters. The van der Waals surface area contributed by atoms with Gasteiger partial charge in [0.15, 0.2) is 0 Å². The maximum Gasteiger partial charge on any atom is 0.233 e. The number of nitrogens with zero attached hydrogens (tertiary/aromatic N) is 1. The zero-order valence-electron chi connectivity index (χ0n) is 16.9. The van der Waals surface area contributed by atoms with Crippen molar-refractivity contribution in [2.24, 2.45) is 5.92 Å². The van der Waals surface area contributed by atoms with Crippen molar-refractivity contribution in [2.45, 2.75) is 25.0 Å². The smallest absolute Gasteiger partial charge is 0.233 e. The highest BCUT2D eigenvalue weighted by Crippen LogP contribution is 2.46. The minimum atomic E-state index is -0.582. The van der Waals surface area contributed by atoms with Crippen LogP contribution in [0.1, 0.15) is 36.1 Å². The van der Waals surface area contributed by atoms with Gasteiger partial charge in [0.2, 0.25) is 5.91 Å². The Balaban J connectivity index is 1.56. The van der Waals surface area contributed by atoms with Crippen molar-refractivity contribution in [2.75, 3.05) is 17.7 Å². The molecule has 0 aliphatic carbocycles. The number of carbonyl (C=O) groups excluding carboxylic acids is 1. The van der Waals surface area contributed by atoms with Crippen LogP contribution in [-0.2, 0) is 4.79 Å². The van der Waals surface area contributed by atoms with Gasteiger partial charge < -0.3 is 20.5 Å². The van der Waals surface area contributed by atoms with Gasteiger partial charge in [-0.3, -0.25) is 4.79 Å². The predicted octanol–water partition coefficient (Wildman–Crippen LogP) is 4.50. The number of ether oxygens (including phenoxy) is 1. The second-order valence-electron chi connectivity index (χ2n) is 7.63. The summed E-state index contributed by atoms with van der Waals surface area (Å²) in [6, 6.07) is 24.7. The molecule has 4 rings (SSSR count). The topological polar surface area (TPSA) is 75.8 Å². The molecule has 30 heavy (non-hydrogen) atoms. The second-order valence-corrected chi connectivity index (χ2v) is 7.63. The summed E-state index contributed by atoms with van der Waals surface area (Å²) in [6.45, 7) is 0. The minimum Gasteiger partial charge on any atom is -0.497 e. The van der Waals surface area contributed by atoms with Crippen molar-refractivity contribution in [3.05, 3.63) is 90.0 Å². The fraction of sp³-hybridized carbons (Fsp3) is 0.240. The van der Waals surface area contributed by atoms with Gasteiger partial charge in [-0.15, -0.1) is 0 Å². The van der Waals surface area contributed by atoms with Crippen molar-refractivity contribution < 1.29 is 14.6 Å². The first-order valence-electron chi connectivity index (χ1n) is 10.1. The van der Waals surface area contributed by atoms with Crippen molar-refractivity contribution in [3.8, 4) is 5.75 Å². The molecule has 1 aliphatic rings.